The van der Waals surface area contributed by atoms with Crippen LogP contribution in [0.15, 0.2) is 22.7 Å². The van der Waals surface area contributed by atoms with E-state index in [1.54, 1.807) is 6.92 Å². The van der Waals surface area contributed by atoms with Gasteiger partial charge in [-0.05, 0) is 26.2 Å². The molecule has 6 nitrogen and oxygen atoms in total. The van der Waals surface area contributed by atoms with E-state index in [9.17, 15) is 14.4 Å². The second-order valence-electron chi connectivity index (χ2n) is 6.38. The SMILES string of the molecule is COC(=O)CCCCCCCCCC1=C(C)C(=O)C(OC)=C(OC)C1=O. The van der Waals surface area contributed by atoms with E-state index in [-0.39, 0.29) is 29.1 Å². The molecule has 0 aromatic rings. The third-order valence-corrected chi connectivity index (χ3v) is 4.63. The molecule has 0 heterocycles. The standard InChI is InChI=1S/C20H30O6/c1-14-15(18(23)20(26-4)19(25-3)17(14)22)12-10-8-6-5-7-9-11-13-16(21)24-2/h5-13H2,1-4H3. The van der Waals surface area contributed by atoms with Crippen molar-refractivity contribution in [1.29, 1.82) is 0 Å². The van der Waals surface area contributed by atoms with Crippen LogP contribution in [-0.4, -0.2) is 38.9 Å². The van der Waals surface area contributed by atoms with Gasteiger partial charge in [0.15, 0.2) is 0 Å². The van der Waals surface area contributed by atoms with Gasteiger partial charge in [0.25, 0.3) is 0 Å². The summed E-state index contributed by atoms with van der Waals surface area (Å²) in [5, 5.41) is 0. The summed E-state index contributed by atoms with van der Waals surface area (Å²) < 4.78 is 14.7. The number of ketones is 2. The number of hydrogen-bond donors (Lipinski definition) is 0. The molecule has 6 heteroatoms. The lowest BCUT2D eigenvalue weighted by molar-refractivity contribution is -0.140. The van der Waals surface area contributed by atoms with Crippen molar-refractivity contribution in [3.8, 4) is 0 Å². The van der Waals surface area contributed by atoms with E-state index >= 15 is 0 Å². The van der Waals surface area contributed by atoms with Crippen molar-refractivity contribution in [3.63, 3.8) is 0 Å². The van der Waals surface area contributed by atoms with Crippen molar-refractivity contribution in [1.82, 2.24) is 0 Å². The minimum Gasteiger partial charge on any atom is -0.489 e. The number of Topliss-reactive ketones (excluding diaryl/α,β-unsaturated/α-hetero) is 2. The van der Waals surface area contributed by atoms with Gasteiger partial charge in [0.05, 0.1) is 21.3 Å². The quantitative estimate of drug-likeness (QED) is 0.298. The molecule has 0 spiro atoms. The second kappa shape index (κ2) is 11.5. The number of rotatable bonds is 12. The van der Waals surface area contributed by atoms with E-state index in [2.05, 4.69) is 4.74 Å². The topological polar surface area (TPSA) is 78.9 Å². The Morgan fingerprint density at radius 1 is 0.769 bits per heavy atom. The van der Waals surface area contributed by atoms with E-state index < -0.39 is 0 Å². The number of hydrogen-bond acceptors (Lipinski definition) is 6. The van der Waals surface area contributed by atoms with Crippen LogP contribution in [0, 0.1) is 0 Å². The average Bonchev–Trinajstić information content (AvgIpc) is 2.64. The van der Waals surface area contributed by atoms with Gasteiger partial charge < -0.3 is 14.2 Å². The van der Waals surface area contributed by atoms with Crippen molar-refractivity contribution >= 4 is 17.5 Å². The van der Waals surface area contributed by atoms with Crippen molar-refractivity contribution < 1.29 is 28.6 Å². The third kappa shape index (κ3) is 6.00. The fraction of sp³-hybridized carbons (Fsp3) is 0.650. The lowest BCUT2D eigenvalue weighted by Crippen LogP contribution is -2.25. The molecule has 146 valence electrons. The number of carbonyl (C=O) groups excluding carboxylic acids is 3. The second-order valence-corrected chi connectivity index (χ2v) is 6.38. The van der Waals surface area contributed by atoms with Gasteiger partial charge in [-0.25, -0.2) is 0 Å². The zero-order valence-corrected chi connectivity index (χ0v) is 16.3. The highest BCUT2D eigenvalue weighted by atomic mass is 16.5. The van der Waals surface area contributed by atoms with Crippen molar-refractivity contribution in [3.05, 3.63) is 22.7 Å². The first-order valence-corrected chi connectivity index (χ1v) is 9.16. The number of unbranched alkanes of at least 4 members (excludes halogenated alkanes) is 6. The van der Waals surface area contributed by atoms with E-state index in [1.807, 2.05) is 0 Å². The van der Waals surface area contributed by atoms with Gasteiger partial charge in [0.2, 0.25) is 23.1 Å². The first-order valence-electron chi connectivity index (χ1n) is 9.16. The van der Waals surface area contributed by atoms with Gasteiger partial charge in [0.1, 0.15) is 0 Å². The number of ether oxygens (including phenoxy) is 3. The molecule has 0 aliphatic heterocycles. The lowest BCUT2D eigenvalue weighted by Gasteiger charge is -2.20. The van der Waals surface area contributed by atoms with Gasteiger partial charge in [-0.2, -0.15) is 0 Å². The predicted molar refractivity (Wildman–Crippen MR) is 97.3 cm³/mol. The van der Waals surface area contributed by atoms with E-state index in [0.29, 0.717) is 24.0 Å². The molecule has 0 amide bonds. The van der Waals surface area contributed by atoms with Crippen LogP contribution in [0.4, 0.5) is 0 Å². The summed E-state index contributed by atoms with van der Waals surface area (Å²) in [6.45, 7) is 1.67. The summed E-state index contributed by atoms with van der Waals surface area (Å²) in [6, 6.07) is 0. The third-order valence-electron chi connectivity index (χ3n) is 4.63. The fourth-order valence-electron chi connectivity index (χ4n) is 3.05. The molecule has 26 heavy (non-hydrogen) atoms. The first kappa shape index (κ1) is 21.9. The van der Waals surface area contributed by atoms with E-state index in [4.69, 9.17) is 9.47 Å². The Labute approximate surface area is 155 Å². The van der Waals surface area contributed by atoms with Gasteiger partial charge in [-0.1, -0.05) is 32.1 Å². The highest BCUT2D eigenvalue weighted by molar-refractivity contribution is 6.23. The van der Waals surface area contributed by atoms with Crippen LogP contribution in [0.3, 0.4) is 0 Å². The van der Waals surface area contributed by atoms with Crippen LogP contribution in [0.5, 0.6) is 0 Å². The van der Waals surface area contributed by atoms with Crippen LogP contribution in [0.1, 0.15) is 64.7 Å². The number of methoxy groups -OCH3 is 3. The molecule has 0 bridgehead atoms. The Balaban J connectivity index is 2.33. The molecular weight excluding hydrogens is 336 g/mol. The molecule has 1 rings (SSSR count). The Kier molecular flexibility index (Phi) is 9.70. The van der Waals surface area contributed by atoms with Crippen LogP contribution in [-0.2, 0) is 28.6 Å². The summed E-state index contributed by atoms with van der Waals surface area (Å²) in [7, 11) is 4.15. The summed E-state index contributed by atoms with van der Waals surface area (Å²) in [5.41, 5.74) is 0.987. The highest BCUT2D eigenvalue weighted by Gasteiger charge is 2.34. The zero-order valence-electron chi connectivity index (χ0n) is 16.3. The molecular formula is C20H30O6. The van der Waals surface area contributed by atoms with Crippen molar-refractivity contribution in [2.75, 3.05) is 21.3 Å². The largest absolute Gasteiger partial charge is 0.489 e. The summed E-state index contributed by atoms with van der Waals surface area (Å²) in [5.74, 6) is -0.676. The Hall–Kier alpha value is -2.11. The Morgan fingerprint density at radius 3 is 1.81 bits per heavy atom. The molecule has 0 saturated carbocycles. The van der Waals surface area contributed by atoms with E-state index in [0.717, 1.165) is 44.9 Å². The summed E-state index contributed by atoms with van der Waals surface area (Å²) in [4.78, 5) is 35.8. The number of carbonyl (C=O) groups is 3. The van der Waals surface area contributed by atoms with Gasteiger partial charge in [-0.3, -0.25) is 14.4 Å². The van der Waals surface area contributed by atoms with Crippen LogP contribution in [0.2, 0.25) is 0 Å². The monoisotopic (exact) mass is 366 g/mol. The summed E-state index contributed by atoms with van der Waals surface area (Å²) >= 11 is 0. The van der Waals surface area contributed by atoms with Gasteiger partial charge in [0, 0.05) is 17.6 Å². The van der Waals surface area contributed by atoms with Crippen molar-refractivity contribution in [2.24, 2.45) is 0 Å². The van der Waals surface area contributed by atoms with Gasteiger partial charge >= 0.3 is 5.97 Å². The minimum absolute atomic E-state index is 0.00343. The molecule has 0 aromatic heterocycles. The lowest BCUT2D eigenvalue weighted by atomic mass is 9.89. The predicted octanol–water partition coefficient (Wildman–Crippen LogP) is 3.64. The van der Waals surface area contributed by atoms with E-state index in [1.165, 1.54) is 21.3 Å². The Morgan fingerprint density at radius 2 is 1.27 bits per heavy atom. The molecule has 0 saturated heterocycles. The van der Waals surface area contributed by atoms with Crippen LogP contribution >= 0.6 is 0 Å². The Bertz CT molecular complexity index is 585. The number of allylic oxidation sites excluding steroid dienone is 2. The maximum atomic E-state index is 12.5. The number of esters is 1. The molecule has 0 atom stereocenters. The molecule has 1 aliphatic rings. The maximum Gasteiger partial charge on any atom is 0.305 e. The molecule has 0 unspecified atom stereocenters. The minimum atomic E-state index is -0.274. The normalized spacial score (nSPS) is 14.8. The van der Waals surface area contributed by atoms with Crippen molar-refractivity contribution in [2.45, 2.75) is 64.7 Å². The average molecular weight is 366 g/mol. The molecule has 0 radical (unpaired) electrons. The summed E-state index contributed by atoms with van der Waals surface area (Å²) in [6.07, 6.45) is 8.06. The highest BCUT2D eigenvalue weighted by Crippen LogP contribution is 2.28. The molecule has 0 fully saturated rings. The van der Waals surface area contributed by atoms with Gasteiger partial charge in [-0.15, -0.1) is 0 Å². The zero-order chi connectivity index (χ0) is 19.5. The fourth-order valence-corrected chi connectivity index (χ4v) is 3.05. The first-order chi connectivity index (χ1) is 12.5. The molecule has 0 aromatic carbocycles. The molecule has 0 N–H and O–H groups in total. The smallest absolute Gasteiger partial charge is 0.305 e. The van der Waals surface area contributed by atoms with Crippen LogP contribution < -0.4 is 0 Å². The molecule has 1 aliphatic carbocycles. The maximum absolute atomic E-state index is 12.5. The van der Waals surface area contributed by atoms with Crippen LogP contribution in [0.25, 0.3) is 0 Å².